The third-order valence-corrected chi connectivity index (χ3v) is 5.39. The van der Waals surface area contributed by atoms with Crippen molar-refractivity contribution in [2.45, 2.75) is 45.7 Å². The zero-order chi connectivity index (χ0) is 20.9. The minimum absolute atomic E-state index is 0.0426. The minimum atomic E-state index is -0.228. The Morgan fingerprint density at radius 3 is 3.03 bits per heavy atom. The van der Waals surface area contributed by atoms with Gasteiger partial charge in [-0.25, -0.2) is 9.97 Å². The molecule has 1 unspecified atom stereocenters. The van der Waals surface area contributed by atoms with Crippen LogP contribution in [0.15, 0.2) is 36.7 Å². The number of fused-ring (bicyclic) bond motifs is 1. The maximum atomic E-state index is 12.8. The highest BCUT2D eigenvalue weighted by molar-refractivity contribution is 5.87. The number of anilines is 1. The van der Waals surface area contributed by atoms with Crippen molar-refractivity contribution in [1.29, 1.82) is 0 Å². The van der Waals surface area contributed by atoms with Crippen LogP contribution in [0.2, 0.25) is 0 Å². The molecule has 3 aromatic rings. The van der Waals surface area contributed by atoms with Gasteiger partial charge in [-0.15, -0.1) is 0 Å². The van der Waals surface area contributed by atoms with Crippen molar-refractivity contribution in [2.75, 3.05) is 24.6 Å². The molecule has 30 heavy (non-hydrogen) atoms. The van der Waals surface area contributed by atoms with Crippen LogP contribution < -0.4 is 15.0 Å². The Morgan fingerprint density at radius 1 is 1.33 bits per heavy atom. The summed E-state index contributed by atoms with van der Waals surface area (Å²) >= 11 is 0. The minimum Gasteiger partial charge on any atom is -0.494 e. The standard InChI is InChI=1S/C22H28N6O2/c1-3-30-17-8-9-19-18(15-17)16(2)25-22(26-19)28-14-4-7-20(28)21(29)23-10-5-12-27-13-6-11-24-27/h6,8-9,11,13,15,20H,3-5,7,10,12,14H2,1-2H3,(H,23,29). The van der Waals surface area contributed by atoms with Crippen LogP contribution in [-0.2, 0) is 11.3 Å². The molecule has 158 valence electrons. The van der Waals surface area contributed by atoms with Crippen LogP contribution in [-0.4, -0.2) is 51.4 Å². The second kappa shape index (κ2) is 9.11. The van der Waals surface area contributed by atoms with E-state index in [4.69, 9.17) is 14.7 Å². The van der Waals surface area contributed by atoms with E-state index in [9.17, 15) is 4.79 Å². The van der Waals surface area contributed by atoms with Crippen LogP contribution in [0, 0.1) is 6.92 Å². The molecule has 1 aliphatic rings. The molecule has 8 nitrogen and oxygen atoms in total. The van der Waals surface area contributed by atoms with Gasteiger partial charge in [0.15, 0.2) is 0 Å². The molecule has 8 heteroatoms. The van der Waals surface area contributed by atoms with Gasteiger partial charge in [-0.3, -0.25) is 9.48 Å². The summed E-state index contributed by atoms with van der Waals surface area (Å²) in [5.74, 6) is 1.48. The monoisotopic (exact) mass is 408 g/mol. The first-order valence-electron chi connectivity index (χ1n) is 10.6. The molecule has 4 rings (SSSR count). The second-order valence-corrected chi connectivity index (χ2v) is 7.49. The molecule has 1 amide bonds. The van der Waals surface area contributed by atoms with Gasteiger partial charge in [0, 0.05) is 37.4 Å². The van der Waals surface area contributed by atoms with E-state index in [0.29, 0.717) is 19.1 Å². The number of hydrogen-bond acceptors (Lipinski definition) is 6. The summed E-state index contributed by atoms with van der Waals surface area (Å²) in [6, 6.07) is 7.54. The van der Waals surface area contributed by atoms with Crippen molar-refractivity contribution in [2.24, 2.45) is 0 Å². The molecule has 1 saturated heterocycles. The number of nitrogens with zero attached hydrogens (tertiary/aromatic N) is 5. The first-order chi connectivity index (χ1) is 14.7. The summed E-state index contributed by atoms with van der Waals surface area (Å²) in [5, 5.41) is 8.22. The number of hydrogen-bond donors (Lipinski definition) is 1. The molecule has 0 aliphatic carbocycles. The Bertz CT molecular complexity index is 1000. The van der Waals surface area contributed by atoms with Gasteiger partial charge in [0.1, 0.15) is 11.8 Å². The van der Waals surface area contributed by atoms with Crippen molar-refractivity contribution < 1.29 is 9.53 Å². The fourth-order valence-corrected chi connectivity index (χ4v) is 3.91. The van der Waals surface area contributed by atoms with E-state index in [1.807, 2.05) is 53.9 Å². The molecule has 1 N–H and O–H groups in total. The van der Waals surface area contributed by atoms with E-state index in [-0.39, 0.29) is 11.9 Å². The van der Waals surface area contributed by atoms with Gasteiger partial charge in [0.05, 0.1) is 17.8 Å². The average Bonchev–Trinajstić information content (AvgIpc) is 3.44. The summed E-state index contributed by atoms with van der Waals surface area (Å²) in [4.78, 5) is 24.3. The molecule has 0 radical (unpaired) electrons. The van der Waals surface area contributed by atoms with Gasteiger partial charge < -0.3 is 15.0 Å². The van der Waals surface area contributed by atoms with Crippen molar-refractivity contribution in [3.8, 4) is 5.75 Å². The van der Waals surface area contributed by atoms with Crippen LogP contribution in [0.4, 0.5) is 5.95 Å². The third-order valence-electron chi connectivity index (χ3n) is 5.39. The fourth-order valence-electron chi connectivity index (χ4n) is 3.91. The van der Waals surface area contributed by atoms with Crippen LogP contribution in [0.25, 0.3) is 10.9 Å². The lowest BCUT2D eigenvalue weighted by molar-refractivity contribution is -0.122. The predicted molar refractivity (Wildman–Crippen MR) is 116 cm³/mol. The van der Waals surface area contributed by atoms with Gasteiger partial charge in [-0.2, -0.15) is 5.10 Å². The van der Waals surface area contributed by atoms with Crippen LogP contribution in [0.3, 0.4) is 0 Å². The molecule has 1 aliphatic heterocycles. The van der Waals surface area contributed by atoms with E-state index < -0.39 is 0 Å². The number of carbonyl (C=O) groups is 1. The van der Waals surface area contributed by atoms with E-state index in [1.165, 1.54) is 0 Å². The van der Waals surface area contributed by atoms with Crippen molar-refractivity contribution in [3.63, 3.8) is 0 Å². The van der Waals surface area contributed by atoms with E-state index in [2.05, 4.69) is 10.4 Å². The Labute approximate surface area is 176 Å². The highest BCUT2D eigenvalue weighted by Gasteiger charge is 2.32. The van der Waals surface area contributed by atoms with Crippen molar-refractivity contribution in [1.82, 2.24) is 25.1 Å². The molecule has 2 aromatic heterocycles. The lowest BCUT2D eigenvalue weighted by Crippen LogP contribution is -2.44. The highest BCUT2D eigenvalue weighted by Crippen LogP contribution is 2.27. The van der Waals surface area contributed by atoms with E-state index >= 15 is 0 Å². The first-order valence-corrected chi connectivity index (χ1v) is 10.6. The summed E-state index contributed by atoms with van der Waals surface area (Å²) in [6.45, 7) is 6.76. The molecule has 0 saturated carbocycles. The zero-order valence-electron chi connectivity index (χ0n) is 17.5. The molecule has 0 spiro atoms. The van der Waals surface area contributed by atoms with Crippen LogP contribution in [0.1, 0.15) is 31.9 Å². The molecule has 1 atom stereocenters. The lowest BCUT2D eigenvalue weighted by Gasteiger charge is -2.24. The normalized spacial score (nSPS) is 16.2. The van der Waals surface area contributed by atoms with Gasteiger partial charge in [0.25, 0.3) is 0 Å². The third kappa shape index (κ3) is 4.37. The maximum Gasteiger partial charge on any atom is 0.242 e. The van der Waals surface area contributed by atoms with E-state index in [1.54, 1.807) is 6.20 Å². The fraction of sp³-hybridized carbons (Fsp3) is 0.455. The Balaban J connectivity index is 1.43. The average molecular weight is 409 g/mol. The number of nitrogens with one attached hydrogen (secondary N) is 1. The smallest absolute Gasteiger partial charge is 0.242 e. The summed E-state index contributed by atoms with van der Waals surface area (Å²) in [6.07, 6.45) is 6.30. The number of rotatable bonds is 8. The highest BCUT2D eigenvalue weighted by atomic mass is 16.5. The van der Waals surface area contributed by atoms with Crippen molar-refractivity contribution >= 4 is 22.8 Å². The quantitative estimate of drug-likeness (QED) is 0.577. The summed E-state index contributed by atoms with van der Waals surface area (Å²) in [7, 11) is 0. The van der Waals surface area contributed by atoms with E-state index in [0.717, 1.165) is 54.7 Å². The van der Waals surface area contributed by atoms with Gasteiger partial charge >= 0.3 is 0 Å². The van der Waals surface area contributed by atoms with Gasteiger partial charge in [0.2, 0.25) is 11.9 Å². The molecule has 0 bridgehead atoms. The number of amides is 1. The molecular formula is C22H28N6O2. The molecular weight excluding hydrogens is 380 g/mol. The van der Waals surface area contributed by atoms with Crippen LogP contribution >= 0.6 is 0 Å². The Morgan fingerprint density at radius 2 is 2.23 bits per heavy atom. The Kier molecular flexibility index (Phi) is 6.11. The maximum absolute atomic E-state index is 12.8. The zero-order valence-corrected chi connectivity index (χ0v) is 17.5. The second-order valence-electron chi connectivity index (χ2n) is 7.49. The van der Waals surface area contributed by atoms with Crippen molar-refractivity contribution in [3.05, 3.63) is 42.4 Å². The summed E-state index contributed by atoms with van der Waals surface area (Å²) in [5.41, 5.74) is 1.76. The number of ether oxygens (including phenoxy) is 1. The predicted octanol–water partition coefficient (Wildman–Crippen LogP) is 2.71. The lowest BCUT2D eigenvalue weighted by atomic mass is 10.2. The molecule has 3 heterocycles. The number of benzene rings is 1. The largest absolute Gasteiger partial charge is 0.494 e. The number of aryl methyl sites for hydroxylation is 2. The number of aromatic nitrogens is 4. The number of carbonyl (C=O) groups excluding carboxylic acids is 1. The van der Waals surface area contributed by atoms with Gasteiger partial charge in [-0.05, 0) is 57.4 Å². The van der Waals surface area contributed by atoms with Gasteiger partial charge in [-0.1, -0.05) is 0 Å². The first kappa shape index (κ1) is 20.1. The van der Waals surface area contributed by atoms with Crippen LogP contribution in [0.5, 0.6) is 5.75 Å². The molecule has 1 aromatic carbocycles. The summed E-state index contributed by atoms with van der Waals surface area (Å²) < 4.78 is 7.47. The molecule has 1 fully saturated rings. The SMILES string of the molecule is CCOc1ccc2nc(N3CCCC3C(=O)NCCCn3cccn3)nc(C)c2c1. The Hall–Kier alpha value is -3.16. The topological polar surface area (TPSA) is 85.2 Å².